The molecule has 2 heterocycles. The molecule has 0 unspecified atom stereocenters. The largest absolute Gasteiger partial charge is 0.356 e. The van der Waals surface area contributed by atoms with E-state index in [-0.39, 0.29) is 12.3 Å². The van der Waals surface area contributed by atoms with Crippen LogP contribution in [0.1, 0.15) is 22.5 Å². The molecular weight excluding hydrogens is 340 g/mol. The van der Waals surface area contributed by atoms with E-state index >= 15 is 0 Å². The molecule has 4 rings (SSSR count). The van der Waals surface area contributed by atoms with Crippen molar-refractivity contribution in [2.45, 2.75) is 27.2 Å². The van der Waals surface area contributed by atoms with Crippen molar-refractivity contribution < 1.29 is 9.32 Å². The van der Waals surface area contributed by atoms with Crippen molar-refractivity contribution in [2.24, 2.45) is 0 Å². The normalized spacial score (nSPS) is 11.1. The number of hydrogen-bond donors (Lipinski definition) is 1. The van der Waals surface area contributed by atoms with Gasteiger partial charge in [-0.2, -0.15) is 5.10 Å². The smallest absolute Gasteiger partial charge is 0.231 e. The first-order valence-electron chi connectivity index (χ1n) is 8.79. The van der Waals surface area contributed by atoms with E-state index in [0.29, 0.717) is 17.1 Å². The Balaban J connectivity index is 1.58. The van der Waals surface area contributed by atoms with Crippen molar-refractivity contribution in [3.05, 3.63) is 71.0 Å². The molecule has 1 N–H and O–H groups in total. The van der Waals surface area contributed by atoms with Gasteiger partial charge >= 0.3 is 0 Å². The van der Waals surface area contributed by atoms with Gasteiger partial charge in [0.2, 0.25) is 5.91 Å². The summed E-state index contributed by atoms with van der Waals surface area (Å²) < 4.78 is 7.11. The van der Waals surface area contributed by atoms with Crippen LogP contribution in [0.25, 0.3) is 16.7 Å². The highest BCUT2D eigenvalue weighted by Gasteiger charge is 2.16. The lowest BCUT2D eigenvalue weighted by molar-refractivity contribution is -0.115. The first-order valence-corrected chi connectivity index (χ1v) is 8.79. The summed E-state index contributed by atoms with van der Waals surface area (Å²) >= 11 is 0. The van der Waals surface area contributed by atoms with Crippen molar-refractivity contribution in [2.75, 3.05) is 5.32 Å². The molecule has 0 aliphatic carbocycles. The summed E-state index contributed by atoms with van der Waals surface area (Å²) in [7, 11) is 0. The van der Waals surface area contributed by atoms with Gasteiger partial charge in [0, 0.05) is 11.5 Å². The molecule has 0 fully saturated rings. The molecule has 0 aliphatic heterocycles. The van der Waals surface area contributed by atoms with Crippen molar-refractivity contribution >= 4 is 22.7 Å². The van der Waals surface area contributed by atoms with Gasteiger partial charge in [-0.15, -0.1) is 0 Å². The predicted molar refractivity (Wildman–Crippen MR) is 104 cm³/mol. The van der Waals surface area contributed by atoms with Crippen LogP contribution < -0.4 is 5.32 Å². The molecule has 136 valence electrons. The summed E-state index contributed by atoms with van der Waals surface area (Å²) in [6, 6.07) is 15.5. The maximum absolute atomic E-state index is 12.6. The number of benzene rings is 2. The molecule has 4 aromatic rings. The summed E-state index contributed by atoms with van der Waals surface area (Å²) in [5, 5.41) is 12.4. The van der Waals surface area contributed by atoms with Crippen LogP contribution in [0.15, 0.2) is 53.1 Å². The molecule has 27 heavy (non-hydrogen) atoms. The number of carbonyl (C=O) groups excluding carboxylic acids is 1. The Morgan fingerprint density at radius 3 is 2.59 bits per heavy atom. The standard InChI is InChI=1S/C21H20N4O2/c1-13-9-17-18(24-27-19(17)10-14(13)2)12-21(26)22-20-11-15(3)23-25(20)16-7-5-4-6-8-16/h4-11H,12H2,1-3H3,(H,22,26). The number of hydrogen-bond acceptors (Lipinski definition) is 4. The van der Waals surface area contributed by atoms with Gasteiger partial charge < -0.3 is 9.84 Å². The monoisotopic (exact) mass is 360 g/mol. The SMILES string of the molecule is Cc1cc(NC(=O)Cc2noc3cc(C)c(C)cc23)n(-c2ccccc2)n1. The minimum atomic E-state index is -0.166. The average molecular weight is 360 g/mol. The lowest BCUT2D eigenvalue weighted by Gasteiger charge is -2.08. The summed E-state index contributed by atoms with van der Waals surface area (Å²) in [6.45, 7) is 5.95. The molecule has 0 radical (unpaired) electrons. The average Bonchev–Trinajstić information content (AvgIpc) is 3.19. The van der Waals surface area contributed by atoms with Crippen LogP contribution in [0.2, 0.25) is 0 Å². The van der Waals surface area contributed by atoms with Crippen LogP contribution >= 0.6 is 0 Å². The molecule has 0 saturated carbocycles. The number of carbonyl (C=O) groups is 1. The summed E-state index contributed by atoms with van der Waals surface area (Å²) in [5.74, 6) is 0.462. The van der Waals surface area contributed by atoms with E-state index in [0.717, 1.165) is 27.9 Å². The molecule has 0 bridgehead atoms. The topological polar surface area (TPSA) is 73.0 Å². The molecule has 6 heteroatoms. The van der Waals surface area contributed by atoms with E-state index in [9.17, 15) is 4.79 Å². The number of nitrogens with one attached hydrogen (secondary N) is 1. The second-order valence-corrected chi connectivity index (χ2v) is 6.71. The molecule has 2 aromatic heterocycles. The highest BCUT2D eigenvalue weighted by Crippen LogP contribution is 2.23. The Kier molecular flexibility index (Phi) is 4.24. The minimum Gasteiger partial charge on any atom is -0.356 e. The van der Waals surface area contributed by atoms with Crippen LogP contribution in [-0.2, 0) is 11.2 Å². The van der Waals surface area contributed by atoms with Gasteiger partial charge in [-0.3, -0.25) is 4.79 Å². The van der Waals surface area contributed by atoms with Gasteiger partial charge in [-0.25, -0.2) is 4.68 Å². The van der Waals surface area contributed by atoms with Crippen molar-refractivity contribution in [3.63, 3.8) is 0 Å². The first kappa shape index (κ1) is 17.0. The van der Waals surface area contributed by atoms with Crippen LogP contribution in [0, 0.1) is 20.8 Å². The minimum absolute atomic E-state index is 0.133. The van der Waals surface area contributed by atoms with Gasteiger partial charge in [0.1, 0.15) is 11.5 Å². The van der Waals surface area contributed by atoms with Gasteiger partial charge in [-0.05, 0) is 56.2 Å². The Morgan fingerprint density at radius 1 is 1.07 bits per heavy atom. The van der Waals surface area contributed by atoms with E-state index in [1.807, 2.05) is 69.3 Å². The van der Waals surface area contributed by atoms with E-state index in [1.165, 1.54) is 0 Å². The third kappa shape index (κ3) is 3.33. The number of anilines is 1. The lowest BCUT2D eigenvalue weighted by atomic mass is 10.1. The van der Waals surface area contributed by atoms with Crippen molar-refractivity contribution in [1.29, 1.82) is 0 Å². The zero-order chi connectivity index (χ0) is 19.0. The Labute approximate surface area is 156 Å². The fourth-order valence-electron chi connectivity index (χ4n) is 3.07. The molecule has 1 amide bonds. The molecule has 6 nitrogen and oxygen atoms in total. The molecule has 0 saturated heterocycles. The van der Waals surface area contributed by atoms with Crippen LogP contribution in [0.3, 0.4) is 0 Å². The van der Waals surface area contributed by atoms with Crippen LogP contribution in [0.5, 0.6) is 0 Å². The van der Waals surface area contributed by atoms with E-state index in [2.05, 4.69) is 15.6 Å². The first-order chi connectivity index (χ1) is 13.0. The molecule has 0 spiro atoms. The summed E-state index contributed by atoms with van der Waals surface area (Å²) in [6.07, 6.45) is 0.133. The zero-order valence-corrected chi connectivity index (χ0v) is 15.5. The molecule has 0 aliphatic rings. The maximum Gasteiger partial charge on any atom is 0.231 e. The lowest BCUT2D eigenvalue weighted by Crippen LogP contribution is -2.17. The fourth-order valence-corrected chi connectivity index (χ4v) is 3.07. The van der Waals surface area contributed by atoms with Gasteiger partial charge in [-0.1, -0.05) is 23.4 Å². The van der Waals surface area contributed by atoms with Crippen molar-refractivity contribution in [3.8, 4) is 5.69 Å². The second-order valence-electron chi connectivity index (χ2n) is 6.71. The summed E-state index contributed by atoms with van der Waals surface area (Å²) in [4.78, 5) is 12.6. The van der Waals surface area contributed by atoms with Gasteiger partial charge in [0.05, 0.1) is 17.8 Å². The highest BCUT2D eigenvalue weighted by atomic mass is 16.5. The third-order valence-corrected chi connectivity index (χ3v) is 4.59. The Bertz CT molecular complexity index is 1130. The van der Waals surface area contributed by atoms with Crippen LogP contribution in [0.4, 0.5) is 5.82 Å². The highest BCUT2D eigenvalue weighted by molar-refractivity contribution is 5.94. The van der Waals surface area contributed by atoms with Gasteiger partial charge in [0.15, 0.2) is 5.58 Å². The predicted octanol–water partition coefficient (Wildman–Crippen LogP) is 4.12. The number of amides is 1. The van der Waals surface area contributed by atoms with E-state index in [4.69, 9.17) is 4.52 Å². The van der Waals surface area contributed by atoms with E-state index < -0.39 is 0 Å². The van der Waals surface area contributed by atoms with Crippen molar-refractivity contribution in [1.82, 2.24) is 14.9 Å². The number of para-hydroxylation sites is 1. The Morgan fingerprint density at radius 2 is 1.81 bits per heavy atom. The summed E-state index contributed by atoms with van der Waals surface area (Å²) in [5.41, 5.74) is 5.33. The van der Waals surface area contributed by atoms with Gasteiger partial charge in [0.25, 0.3) is 0 Å². The molecule has 2 aromatic carbocycles. The molecular formula is C21H20N4O2. The number of nitrogens with zero attached hydrogens (tertiary/aromatic N) is 3. The van der Waals surface area contributed by atoms with Crippen LogP contribution in [-0.4, -0.2) is 20.8 Å². The number of rotatable bonds is 4. The second kappa shape index (κ2) is 6.72. The fraction of sp³-hybridized carbons (Fsp3) is 0.190. The Hall–Kier alpha value is -3.41. The number of fused-ring (bicyclic) bond motifs is 1. The number of aromatic nitrogens is 3. The third-order valence-electron chi connectivity index (χ3n) is 4.59. The van der Waals surface area contributed by atoms with E-state index in [1.54, 1.807) is 4.68 Å². The quantitative estimate of drug-likeness (QED) is 0.594. The molecule has 0 atom stereocenters. The number of aryl methyl sites for hydroxylation is 3. The maximum atomic E-state index is 12.6. The zero-order valence-electron chi connectivity index (χ0n) is 15.5.